The van der Waals surface area contributed by atoms with Crippen LogP contribution in [0.15, 0.2) is 24.3 Å². The van der Waals surface area contributed by atoms with Gasteiger partial charge in [-0.3, -0.25) is 14.8 Å². The fourth-order valence-electron chi connectivity index (χ4n) is 3.56. The van der Waals surface area contributed by atoms with Gasteiger partial charge in [0.05, 0.1) is 5.52 Å². The molecule has 2 heterocycles. The van der Waals surface area contributed by atoms with Crippen molar-refractivity contribution >= 4 is 16.8 Å². The number of piperidine rings is 1. The van der Waals surface area contributed by atoms with E-state index in [0.29, 0.717) is 11.7 Å². The summed E-state index contributed by atoms with van der Waals surface area (Å²) in [5.41, 5.74) is 1.41. The first-order valence-electron chi connectivity index (χ1n) is 8.30. The van der Waals surface area contributed by atoms with Crippen LogP contribution >= 0.6 is 0 Å². The molecule has 5 heteroatoms. The summed E-state index contributed by atoms with van der Waals surface area (Å²) in [5, 5.41) is 11.1. The lowest BCUT2D eigenvalue weighted by Crippen LogP contribution is -2.47. The highest BCUT2D eigenvalue weighted by Crippen LogP contribution is 2.32. The third kappa shape index (κ3) is 2.61. The molecule has 2 aliphatic rings. The number of carbonyl (C=O) groups is 1. The molecule has 5 nitrogen and oxygen atoms in total. The highest BCUT2D eigenvalue weighted by atomic mass is 16.1. The highest BCUT2D eigenvalue weighted by Gasteiger charge is 2.35. The summed E-state index contributed by atoms with van der Waals surface area (Å²) in [4.78, 5) is 15.0. The topological polar surface area (TPSA) is 61.0 Å². The number of fused-ring (bicyclic) bond motifs is 1. The minimum atomic E-state index is -0.0706. The summed E-state index contributed by atoms with van der Waals surface area (Å²) >= 11 is 0. The zero-order valence-corrected chi connectivity index (χ0v) is 12.7. The van der Waals surface area contributed by atoms with Crippen LogP contribution in [-0.2, 0) is 0 Å². The van der Waals surface area contributed by atoms with E-state index < -0.39 is 0 Å². The van der Waals surface area contributed by atoms with Crippen molar-refractivity contribution in [1.82, 2.24) is 20.4 Å². The SMILES string of the molecule is O=C(NCC1CCCCN1C1CC1)c1n[nH]c2ccccc12. The van der Waals surface area contributed by atoms with E-state index in [2.05, 4.69) is 20.4 Å². The van der Waals surface area contributed by atoms with Gasteiger partial charge in [-0.2, -0.15) is 5.10 Å². The van der Waals surface area contributed by atoms with Gasteiger partial charge in [-0.1, -0.05) is 24.6 Å². The van der Waals surface area contributed by atoms with Gasteiger partial charge >= 0.3 is 0 Å². The van der Waals surface area contributed by atoms with Crippen LogP contribution in [0.4, 0.5) is 0 Å². The Kier molecular flexibility index (Phi) is 3.58. The third-order valence-corrected chi connectivity index (χ3v) is 4.87. The molecule has 4 rings (SSSR count). The van der Waals surface area contributed by atoms with Crippen molar-refractivity contribution in [2.45, 2.75) is 44.2 Å². The Labute approximate surface area is 130 Å². The van der Waals surface area contributed by atoms with Crippen LogP contribution in [0.2, 0.25) is 0 Å². The van der Waals surface area contributed by atoms with Gasteiger partial charge in [-0.15, -0.1) is 0 Å². The predicted octanol–water partition coefficient (Wildman–Crippen LogP) is 2.31. The Morgan fingerprint density at radius 1 is 1.27 bits per heavy atom. The zero-order valence-electron chi connectivity index (χ0n) is 12.7. The van der Waals surface area contributed by atoms with Crippen LogP contribution < -0.4 is 5.32 Å². The number of likely N-dealkylation sites (tertiary alicyclic amines) is 1. The van der Waals surface area contributed by atoms with Gasteiger partial charge in [0.2, 0.25) is 0 Å². The summed E-state index contributed by atoms with van der Waals surface area (Å²) in [7, 11) is 0. The van der Waals surface area contributed by atoms with Crippen molar-refractivity contribution < 1.29 is 4.79 Å². The molecule has 0 bridgehead atoms. The molecule has 2 fully saturated rings. The number of H-pyrrole nitrogens is 1. The molecule has 1 atom stereocenters. The first kappa shape index (κ1) is 13.8. The molecule has 1 amide bonds. The maximum Gasteiger partial charge on any atom is 0.272 e. The first-order chi connectivity index (χ1) is 10.8. The molecule has 1 aromatic carbocycles. The smallest absolute Gasteiger partial charge is 0.272 e. The minimum absolute atomic E-state index is 0.0706. The highest BCUT2D eigenvalue weighted by molar-refractivity contribution is 6.04. The molecule has 2 aromatic rings. The lowest BCUT2D eigenvalue weighted by Gasteiger charge is -2.35. The Hall–Kier alpha value is -1.88. The quantitative estimate of drug-likeness (QED) is 0.910. The monoisotopic (exact) mass is 298 g/mol. The van der Waals surface area contributed by atoms with E-state index in [1.807, 2.05) is 24.3 Å². The number of benzene rings is 1. The van der Waals surface area contributed by atoms with Crippen LogP contribution in [0, 0.1) is 0 Å². The maximum absolute atomic E-state index is 12.4. The van der Waals surface area contributed by atoms with Crippen LogP contribution in [0.1, 0.15) is 42.6 Å². The second-order valence-corrected chi connectivity index (χ2v) is 6.45. The lowest BCUT2D eigenvalue weighted by atomic mass is 10.0. The van der Waals surface area contributed by atoms with Crippen LogP contribution in [-0.4, -0.2) is 46.2 Å². The Bertz CT molecular complexity index is 676. The Balaban J connectivity index is 1.43. The molecule has 0 radical (unpaired) electrons. The Morgan fingerprint density at radius 3 is 3.00 bits per heavy atom. The summed E-state index contributed by atoms with van der Waals surface area (Å²) in [6.45, 7) is 1.92. The number of nitrogens with zero attached hydrogens (tertiary/aromatic N) is 2. The van der Waals surface area contributed by atoms with Gasteiger partial charge in [0.15, 0.2) is 5.69 Å². The number of hydrogen-bond donors (Lipinski definition) is 2. The summed E-state index contributed by atoms with van der Waals surface area (Å²) < 4.78 is 0. The third-order valence-electron chi connectivity index (χ3n) is 4.87. The Morgan fingerprint density at radius 2 is 2.14 bits per heavy atom. The van der Waals surface area contributed by atoms with E-state index in [0.717, 1.165) is 23.5 Å². The molecule has 0 spiro atoms. The van der Waals surface area contributed by atoms with E-state index in [1.54, 1.807) is 0 Å². The second kappa shape index (κ2) is 5.72. The number of nitrogens with one attached hydrogen (secondary N) is 2. The predicted molar refractivity (Wildman–Crippen MR) is 85.8 cm³/mol. The van der Waals surface area contributed by atoms with Crippen LogP contribution in [0.3, 0.4) is 0 Å². The summed E-state index contributed by atoms with van der Waals surface area (Å²) in [6, 6.07) is 9.02. The van der Waals surface area contributed by atoms with Gasteiger partial charge < -0.3 is 5.32 Å². The van der Waals surface area contributed by atoms with Crippen LogP contribution in [0.25, 0.3) is 10.9 Å². The van der Waals surface area contributed by atoms with E-state index in [4.69, 9.17) is 0 Å². The van der Waals surface area contributed by atoms with Crippen molar-refractivity contribution in [2.24, 2.45) is 0 Å². The van der Waals surface area contributed by atoms with E-state index in [-0.39, 0.29) is 5.91 Å². The maximum atomic E-state index is 12.4. The molecule has 1 aliphatic carbocycles. The number of para-hydroxylation sites is 1. The van der Waals surface area contributed by atoms with Crippen molar-refractivity contribution in [1.29, 1.82) is 0 Å². The van der Waals surface area contributed by atoms with Crippen molar-refractivity contribution in [3.8, 4) is 0 Å². The van der Waals surface area contributed by atoms with Gasteiger partial charge in [0, 0.05) is 24.0 Å². The molecule has 1 unspecified atom stereocenters. The van der Waals surface area contributed by atoms with Gasteiger partial charge in [0.25, 0.3) is 5.91 Å². The standard InChI is InChI=1S/C17H22N4O/c22-17(16-14-6-1-2-7-15(14)19-20-16)18-11-13-5-3-4-10-21(13)12-8-9-12/h1-2,6-7,12-13H,3-5,8-11H2,(H,18,22)(H,19,20). The van der Waals surface area contributed by atoms with Gasteiger partial charge in [0.1, 0.15) is 0 Å². The number of carbonyl (C=O) groups excluding carboxylic acids is 1. The molecule has 1 aromatic heterocycles. The number of aromatic nitrogens is 2. The molecule has 1 saturated carbocycles. The van der Waals surface area contributed by atoms with Gasteiger partial charge in [-0.25, -0.2) is 0 Å². The molecule has 2 N–H and O–H groups in total. The van der Waals surface area contributed by atoms with E-state index >= 15 is 0 Å². The zero-order chi connectivity index (χ0) is 14.9. The fraction of sp³-hybridized carbons (Fsp3) is 0.529. The molecular formula is C17H22N4O. The summed E-state index contributed by atoms with van der Waals surface area (Å²) in [6.07, 6.45) is 6.42. The van der Waals surface area contributed by atoms with Crippen molar-refractivity contribution in [3.05, 3.63) is 30.0 Å². The normalized spacial score (nSPS) is 22.8. The van der Waals surface area contributed by atoms with Crippen molar-refractivity contribution in [2.75, 3.05) is 13.1 Å². The average molecular weight is 298 g/mol. The average Bonchev–Trinajstić information content (AvgIpc) is 3.32. The second-order valence-electron chi connectivity index (χ2n) is 6.45. The minimum Gasteiger partial charge on any atom is -0.349 e. The number of hydrogen-bond acceptors (Lipinski definition) is 3. The lowest BCUT2D eigenvalue weighted by molar-refractivity contribution is 0.0903. The van der Waals surface area contributed by atoms with E-state index in [9.17, 15) is 4.79 Å². The number of amides is 1. The molecule has 116 valence electrons. The molecule has 22 heavy (non-hydrogen) atoms. The molecular weight excluding hydrogens is 276 g/mol. The fourth-order valence-corrected chi connectivity index (χ4v) is 3.56. The van der Waals surface area contributed by atoms with Crippen molar-refractivity contribution in [3.63, 3.8) is 0 Å². The van der Waals surface area contributed by atoms with Crippen LogP contribution in [0.5, 0.6) is 0 Å². The largest absolute Gasteiger partial charge is 0.349 e. The first-order valence-corrected chi connectivity index (χ1v) is 8.30. The number of rotatable bonds is 4. The van der Waals surface area contributed by atoms with E-state index in [1.165, 1.54) is 38.6 Å². The number of aromatic amines is 1. The molecule has 1 saturated heterocycles. The summed E-state index contributed by atoms with van der Waals surface area (Å²) in [5.74, 6) is -0.0706. The molecule has 1 aliphatic heterocycles. The van der Waals surface area contributed by atoms with Gasteiger partial charge in [-0.05, 0) is 38.3 Å².